The lowest BCUT2D eigenvalue weighted by Gasteiger charge is -2.23. The van der Waals surface area contributed by atoms with E-state index in [4.69, 9.17) is 0 Å². The first-order chi connectivity index (χ1) is 9.61. The lowest BCUT2D eigenvalue weighted by molar-refractivity contribution is 0.371. The van der Waals surface area contributed by atoms with Gasteiger partial charge in [0, 0.05) is 9.75 Å². The summed E-state index contributed by atoms with van der Waals surface area (Å²) in [6.07, 6.45) is 0. The van der Waals surface area contributed by atoms with Crippen LogP contribution in [-0.2, 0) is 0 Å². The van der Waals surface area contributed by atoms with Crippen molar-refractivity contribution in [1.82, 2.24) is 0 Å². The van der Waals surface area contributed by atoms with E-state index < -0.39 is 35.1 Å². The average molecular weight is 316 g/mol. The minimum Gasteiger partial charge on any atom is -0.208 e. The van der Waals surface area contributed by atoms with Crippen LogP contribution in [-0.4, -0.2) is 0 Å². The van der Waals surface area contributed by atoms with Crippen LogP contribution in [0.1, 0.15) is 21.6 Å². The molecular formula is C14H8F4S2. The Kier molecular flexibility index (Phi) is 3.52. The highest BCUT2D eigenvalue weighted by Crippen LogP contribution is 2.51. The summed E-state index contributed by atoms with van der Waals surface area (Å²) >= 11 is 2.12. The lowest BCUT2D eigenvalue weighted by Crippen LogP contribution is -2.14. The number of hydrogen-bond donors (Lipinski definition) is 0. The first kappa shape index (κ1) is 13.6. The van der Waals surface area contributed by atoms with Crippen molar-refractivity contribution in [1.29, 1.82) is 0 Å². The van der Waals surface area contributed by atoms with E-state index in [1.807, 2.05) is 0 Å². The van der Waals surface area contributed by atoms with E-state index in [-0.39, 0.29) is 9.75 Å². The largest absolute Gasteiger partial charge is 0.208 e. The highest BCUT2D eigenvalue weighted by molar-refractivity contribution is 7.10. The fraction of sp³-hybridized carbons (Fsp3) is 0.143. The van der Waals surface area contributed by atoms with Crippen molar-refractivity contribution in [3.63, 3.8) is 0 Å². The number of halogens is 4. The number of hydrogen-bond acceptors (Lipinski definition) is 2. The SMILES string of the molecule is FC1=C(F)C(c2cccs2)C(F)=C(F)C1c1cccs1. The summed E-state index contributed by atoms with van der Waals surface area (Å²) in [6, 6.07) is 6.09. The Balaban J connectivity index is 2.12. The van der Waals surface area contributed by atoms with Gasteiger partial charge >= 0.3 is 0 Å². The molecule has 0 spiro atoms. The molecule has 1 aliphatic carbocycles. The van der Waals surface area contributed by atoms with Crippen LogP contribution in [0.25, 0.3) is 0 Å². The lowest BCUT2D eigenvalue weighted by atomic mass is 9.89. The van der Waals surface area contributed by atoms with Gasteiger partial charge in [0.1, 0.15) is 35.1 Å². The maximum absolute atomic E-state index is 14.1. The third-order valence-corrected chi connectivity index (χ3v) is 5.00. The highest BCUT2D eigenvalue weighted by atomic mass is 32.1. The molecule has 2 aromatic rings. The predicted molar refractivity (Wildman–Crippen MR) is 72.6 cm³/mol. The molecule has 20 heavy (non-hydrogen) atoms. The Hall–Kier alpha value is -1.40. The second-order valence-corrected chi connectivity index (χ2v) is 6.25. The fourth-order valence-electron chi connectivity index (χ4n) is 2.18. The van der Waals surface area contributed by atoms with Gasteiger partial charge < -0.3 is 0 Å². The van der Waals surface area contributed by atoms with Gasteiger partial charge in [-0.25, -0.2) is 17.6 Å². The van der Waals surface area contributed by atoms with E-state index in [9.17, 15) is 17.6 Å². The molecule has 0 atom stereocenters. The van der Waals surface area contributed by atoms with Gasteiger partial charge in [-0.15, -0.1) is 22.7 Å². The van der Waals surface area contributed by atoms with Gasteiger partial charge in [0.2, 0.25) is 0 Å². The summed E-state index contributed by atoms with van der Waals surface area (Å²) in [6.45, 7) is 0. The zero-order chi connectivity index (χ0) is 14.3. The summed E-state index contributed by atoms with van der Waals surface area (Å²) < 4.78 is 56.6. The minimum atomic E-state index is -1.59. The number of allylic oxidation sites excluding steroid dienone is 4. The smallest absolute Gasteiger partial charge is 0.148 e. The zero-order valence-electron chi connectivity index (χ0n) is 9.95. The molecule has 6 heteroatoms. The third kappa shape index (κ3) is 2.03. The first-order valence-corrected chi connectivity index (χ1v) is 7.54. The Morgan fingerprint density at radius 2 is 1.00 bits per heavy atom. The van der Waals surface area contributed by atoms with E-state index in [0.29, 0.717) is 0 Å². The summed E-state index contributed by atoms with van der Waals surface area (Å²) in [7, 11) is 0. The maximum Gasteiger partial charge on any atom is 0.148 e. The van der Waals surface area contributed by atoms with Gasteiger partial charge in [-0.2, -0.15) is 0 Å². The predicted octanol–water partition coefficient (Wildman–Crippen LogP) is 5.99. The highest BCUT2D eigenvalue weighted by Gasteiger charge is 2.41. The van der Waals surface area contributed by atoms with Crippen molar-refractivity contribution in [3.8, 4) is 0 Å². The molecule has 0 nitrogen and oxygen atoms in total. The Morgan fingerprint density at radius 3 is 1.25 bits per heavy atom. The second kappa shape index (κ2) is 5.18. The van der Waals surface area contributed by atoms with Crippen molar-refractivity contribution in [2.45, 2.75) is 11.8 Å². The van der Waals surface area contributed by atoms with Crippen LogP contribution < -0.4 is 0 Å². The molecule has 1 aliphatic rings. The molecule has 0 unspecified atom stereocenters. The number of thiophene rings is 2. The van der Waals surface area contributed by atoms with Crippen molar-refractivity contribution in [3.05, 3.63) is 68.1 Å². The van der Waals surface area contributed by atoms with Crippen LogP contribution >= 0.6 is 22.7 Å². The third-order valence-electron chi connectivity index (χ3n) is 3.13. The van der Waals surface area contributed by atoms with E-state index in [0.717, 1.165) is 22.7 Å². The minimum absolute atomic E-state index is 0.245. The summed E-state index contributed by atoms with van der Waals surface area (Å²) in [5.41, 5.74) is 0. The van der Waals surface area contributed by atoms with Crippen molar-refractivity contribution in [2.24, 2.45) is 0 Å². The molecule has 0 amide bonds. The van der Waals surface area contributed by atoms with Gasteiger partial charge in [0.15, 0.2) is 0 Å². The first-order valence-electron chi connectivity index (χ1n) is 5.78. The monoisotopic (exact) mass is 316 g/mol. The van der Waals surface area contributed by atoms with Crippen LogP contribution in [0.3, 0.4) is 0 Å². The average Bonchev–Trinajstić information content (AvgIpc) is 3.10. The standard InChI is InChI=1S/C14H8F4S2/c15-11-9(7-3-1-5-19-7)12(16)14(18)10(13(11)17)8-4-2-6-20-8/h1-6,9-10H. The molecule has 0 bridgehead atoms. The van der Waals surface area contributed by atoms with Gasteiger partial charge in [-0.05, 0) is 22.9 Å². The molecule has 0 N–H and O–H groups in total. The van der Waals surface area contributed by atoms with Crippen molar-refractivity contribution in [2.75, 3.05) is 0 Å². The molecule has 0 saturated carbocycles. The topological polar surface area (TPSA) is 0 Å². The molecule has 3 rings (SSSR count). The fourth-order valence-corrected chi connectivity index (χ4v) is 3.81. The molecule has 2 heterocycles. The zero-order valence-corrected chi connectivity index (χ0v) is 11.6. The summed E-state index contributed by atoms with van der Waals surface area (Å²) in [5.74, 6) is -8.17. The second-order valence-electron chi connectivity index (χ2n) is 4.29. The molecule has 0 radical (unpaired) electrons. The van der Waals surface area contributed by atoms with Gasteiger partial charge in [-0.3, -0.25) is 0 Å². The van der Waals surface area contributed by atoms with Crippen LogP contribution in [0, 0.1) is 0 Å². The van der Waals surface area contributed by atoms with Gasteiger partial charge in [0.05, 0.1) is 0 Å². The summed E-state index contributed by atoms with van der Waals surface area (Å²) in [5, 5.41) is 3.22. The maximum atomic E-state index is 14.1. The van der Waals surface area contributed by atoms with Crippen LogP contribution in [0.5, 0.6) is 0 Å². The van der Waals surface area contributed by atoms with E-state index >= 15 is 0 Å². The van der Waals surface area contributed by atoms with Crippen molar-refractivity contribution < 1.29 is 17.6 Å². The normalized spacial score (nSPS) is 23.6. The van der Waals surface area contributed by atoms with Crippen LogP contribution in [0.15, 0.2) is 58.3 Å². The van der Waals surface area contributed by atoms with Crippen LogP contribution in [0.4, 0.5) is 17.6 Å². The molecule has 0 aliphatic heterocycles. The molecule has 0 saturated heterocycles. The van der Waals surface area contributed by atoms with Crippen molar-refractivity contribution >= 4 is 22.7 Å². The van der Waals surface area contributed by atoms with E-state index in [1.165, 1.54) is 12.1 Å². The van der Waals surface area contributed by atoms with E-state index in [1.54, 1.807) is 22.9 Å². The van der Waals surface area contributed by atoms with Crippen LogP contribution in [0.2, 0.25) is 0 Å². The quantitative estimate of drug-likeness (QED) is 0.597. The Bertz CT molecular complexity index is 584. The Morgan fingerprint density at radius 1 is 0.650 bits per heavy atom. The van der Waals surface area contributed by atoms with Gasteiger partial charge in [0.25, 0.3) is 0 Å². The Labute approximate surface area is 120 Å². The summed E-state index contributed by atoms with van der Waals surface area (Å²) in [4.78, 5) is 0.491. The number of rotatable bonds is 2. The molecule has 0 aromatic carbocycles. The van der Waals surface area contributed by atoms with E-state index in [2.05, 4.69) is 0 Å². The molecule has 104 valence electrons. The molecular weight excluding hydrogens is 308 g/mol. The van der Waals surface area contributed by atoms with Gasteiger partial charge in [-0.1, -0.05) is 12.1 Å². The molecule has 2 aromatic heterocycles. The molecule has 0 fully saturated rings.